The van der Waals surface area contributed by atoms with E-state index in [1.165, 1.54) is 0 Å². The maximum atomic E-state index is 11.1. The maximum Gasteiger partial charge on any atom is 0.115 e. The summed E-state index contributed by atoms with van der Waals surface area (Å²) in [4.78, 5) is 0. The van der Waals surface area contributed by atoms with Crippen LogP contribution in [0.15, 0.2) is 0 Å². The molecule has 0 aromatic heterocycles. The van der Waals surface area contributed by atoms with Crippen LogP contribution in [0.3, 0.4) is 0 Å². The van der Waals surface area contributed by atoms with Crippen molar-refractivity contribution in [3.63, 3.8) is 0 Å². The van der Waals surface area contributed by atoms with Crippen LogP contribution in [0.5, 0.6) is 0 Å². The second-order valence-electron chi connectivity index (χ2n) is 1.22. The summed E-state index contributed by atoms with van der Waals surface area (Å²) in [5, 5.41) is 8.29. The molecule has 0 rings (SSSR count). The van der Waals surface area contributed by atoms with Gasteiger partial charge in [-0.25, -0.2) is 4.39 Å². The molecular weight excluding hydrogens is 83.0 g/mol. The minimum absolute atomic E-state index is 0.510. The molecule has 0 spiro atoms. The van der Waals surface area contributed by atoms with Gasteiger partial charge in [0.1, 0.15) is 6.67 Å². The first kappa shape index (κ1) is 5.89. The lowest BCUT2D eigenvalue weighted by molar-refractivity contribution is 0.136. The van der Waals surface area contributed by atoms with Crippen molar-refractivity contribution in [3.05, 3.63) is 0 Å². The van der Waals surface area contributed by atoms with Crippen LogP contribution in [0.1, 0.15) is 13.3 Å². The van der Waals surface area contributed by atoms with Crippen LogP contribution in [0.4, 0.5) is 4.39 Å². The van der Waals surface area contributed by atoms with Gasteiger partial charge >= 0.3 is 0 Å². The Morgan fingerprint density at radius 3 is 2.33 bits per heavy atom. The molecule has 0 aromatic rings. The summed E-state index contributed by atoms with van der Waals surface area (Å²) in [6.45, 7) is 1.13. The number of hydrogen-bond donors (Lipinski definition) is 1. The smallest absolute Gasteiger partial charge is 0.115 e. The minimum atomic E-state index is -0.731. The molecule has 0 radical (unpaired) electrons. The van der Waals surface area contributed by atoms with Crippen molar-refractivity contribution in [1.29, 1.82) is 0 Å². The van der Waals surface area contributed by atoms with Crippen LogP contribution in [0, 0.1) is 0 Å². The molecule has 0 aliphatic heterocycles. The normalized spacial score (nSPS) is 14.5. The highest BCUT2D eigenvalue weighted by atomic mass is 19.1. The van der Waals surface area contributed by atoms with Crippen molar-refractivity contribution in [1.82, 2.24) is 0 Å². The Kier molecular flexibility index (Phi) is 3.04. The Balaban J connectivity index is 2.75. The summed E-state index contributed by atoms with van der Waals surface area (Å²) in [5.74, 6) is 0. The van der Waals surface area contributed by atoms with Crippen LogP contribution in [-0.4, -0.2) is 17.9 Å². The lowest BCUT2D eigenvalue weighted by atomic mass is 10.3. The molecule has 0 aliphatic carbocycles. The molecule has 0 fully saturated rings. The van der Waals surface area contributed by atoms with Gasteiger partial charge in [-0.05, 0) is 6.42 Å². The number of aliphatic hydroxyl groups is 1. The number of rotatable bonds is 2. The van der Waals surface area contributed by atoms with Crippen molar-refractivity contribution in [2.24, 2.45) is 0 Å². The molecule has 38 valence electrons. The first-order valence-corrected chi connectivity index (χ1v) is 2.05. The Labute approximate surface area is 36.8 Å². The first-order chi connectivity index (χ1) is 2.81. The van der Waals surface area contributed by atoms with Gasteiger partial charge in [0, 0.05) is 0 Å². The molecule has 0 bridgehead atoms. The fraction of sp³-hybridized carbons (Fsp3) is 1.00. The Morgan fingerprint density at radius 1 is 1.83 bits per heavy atom. The zero-order valence-electron chi connectivity index (χ0n) is 3.82. The summed E-state index contributed by atoms with van der Waals surface area (Å²) < 4.78 is 11.1. The summed E-state index contributed by atoms with van der Waals surface area (Å²) in [6, 6.07) is 0. The van der Waals surface area contributed by atoms with Crippen LogP contribution in [0.2, 0.25) is 0 Å². The van der Waals surface area contributed by atoms with Gasteiger partial charge in [0.2, 0.25) is 0 Å². The van der Waals surface area contributed by atoms with Gasteiger partial charge in [-0.3, -0.25) is 0 Å². The van der Waals surface area contributed by atoms with Crippen molar-refractivity contribution >= 4 is 0 Å². The van der Waals surface area contributed by atoms with E-state index < -0.39 is 12.8 Å². The Hall–Kier alpha value is -0.110. The van der Waals surface area contributed by atoms with Gasteiger partial charge < -0.3 is 5.11 Å². The van der Waals surface area contributed by atoms with E-state index in [9.17, 15) is 4.39 Å². The topological polar surface area (TPSA) is 20.2 Å². The highest BCUT2D eigenvalue weighted by Crippen LogP contribution is 1.87. The third kappa shape index (κ3) is 2.15. The summed E-state index contributed by atoms with van der Waals surface area (Å²) in [6.07, 6.45) is -0.221. The van der Waals surface area contributed by atoms with Crippen molar-refractivity contribution < 1.29 is 9.50 Å². The molecule has 1 atom stereocenters. The van der Waals surface area contributed by atoms with Gasteiger partial charge in [0.15, 0.2) is 0 Å². The van der Waals surface area contributed by atoms with E-state index in [4.69, 9.17) is 5.11 Å². The van der Waals surface area contributed by atoms with Gasteiger partial charge in [0.05, 0.1) is 6.10 Å². The van der Waals surface area contributed by atoms with E-state index in [-0.39, 0.29) is 0 Å². The number of hydrogen-bond acceptors (Lipinski definition) is 1. The molecule has 6 heavy (non-hydrogen) atoms. The van der Waals surface area contributed by atoms with E-state index in [0.717, 1.165) is 0 Å². The molecule has 0 heterocycles. The van der Waals surface area contributed by atoms with Crippen LogP contribution >= 0.6 is 0 Å². The zero-order valence-corrected chi connectivity index (χ0v) is 3.82. The Morgan fingerprint density at radius 2 is 2.33 bits per heavy atom. The average Bonchev–Trinajstić information content (AvgIpc) is 1.65. The van der Waals surface area contributed by atoms with Gasteiger partial charge in [-0.15, -0.1) is 0 Å². The molecule has 1 nitrogen and oxygen atoms in total. The van der Waals surface area contributed by atoms with Crippen molar-refractivity contribution in [2.45, 2.75) is 19.4 Å². The molecule has 0 aliphatic rings. The largest absolute Gasteiger partial charge is 0.390 e. The van der Waals surface area contributed by atoms with Gasteiger partial charge in [-0.1, -0.05) is 6.92 Å². The van der Waals surface area contributed by atoms with Gasteiger partial charge in [0.25, 0.3) is 0 Å². The predicted molar refractivity (Wildman–Crippen MR) is 22.3 cm³/mol. The third-order valence-corrected chi connectivity index (χ3v) is 0.649. The summed E-state index contributed by atoms with van der Waals surface area (Å²) in [7, 11) is 0. The molecular formula is C4H9FO. The first-order valence-electron chi connectivity index (χ1n) is 2.05. The predicted octanol–water partition coefficient (Wildman–Crippen LogP) is 0.727. The van der Waals surface area contributed by atoms with Crippen molar-refractivity contribution in [3.8, 4) is 0 Å². The van der Waals surface area contributed by atoms with E-state index in [2.05, 4.69) is 0 Å². The quantitative estimate of drug-likeness (QED) is 0.532. The maximum absolute atomic E-state index is 11.1. The number of halogens is 1. The average molecular weight is 92.1 g/mol. The fourth-order valence-corrected chi connectivity index (χ4v) is 0.109. The highest BCUT2D eigenvalue weighted by Gasteiger charge is 1.94. The monoisotopic (exact) mass is 92.1 g/mol. The molecule has 0 saturated heterocycles. The number of aliphatic hydroxyl groups excluding tert-OH is 1. The third-order valence-electron chi connectivity index (χ3n) is 0.649. The summed E-state index contributed by atoms with van der Waals surface area (Å²) in [5.41, 5.74) is 0. The van der Waals surface area contributed by atoms with Crippen LogP contribution in [-0.2, 0) is 0 Å². The lowest BCUT2D eigenvalue weighted by Gasteiger charge is -1.95. The second-order valence-corrected chi connectivity index (χ2v) is 1.22. The van der Waals surface area contributed by atoms with Gasteiger partial charge in [-0.2, -0.15) is 0 Å². The van der Waals surface area contributed by atoms with E-state index in [0.29, 0.717) is 6.42 Å². The molecule has 1 unspecified atom stereocenters. The molecule has 1 N–H and O–H groups in total. The van der Waals surface area contributed by atoms with Crippen LogP contribution < -0.4 is 0 Å². The zero-order chi connectivity index (χ0) is 4.99. The molecule has 2 heteroatoms. The second kappa shape index (κ2) is 3.09. The molecule has 0 saturated carbocycles. The minimum Gasteiger partial charge on any atom is -0.390 e. The van der Waals surface area contributed by atoms with E-state index >= 15 is 0 Å². The standard InChI is InChI=1S/C4H9FO/c1-2-4(6)3-5/h4,6H,2-3H2,1H3. The number of alkyl halides is 1. The van der Waals surface area contributed by atoms with E-state index in [1.807, 2.05) is 0 Å². The van der Waals surface area contributed by atoms with E-state index in [1.54, 1.807) is 6.92 Å². The lowest BCUT2D eigenvalue weighted by Crippen LogP contribution is -2.05. The SMILES string of the molecule is CCC(O)CF. The molecule has 0 aromatic carbocycles. The Bertz CT molecular complexity index is 26.7. The molecule has 0 amide bonds. The fourth-order valence-electron chi connectivity index (χ4n) is 0.109. The highest BCUT2D eigenvalue weighted by molar-refractivity contribution is 4.44. The van der Waals surface area contributed by atoms with Crippen LogP contribution in [0.25, 0.3) is 0 Å². The summed E-state index contributed by atoms with van der Waals surface area (Å²) >= 11 is 0. The van der Waals surface area contributed by atoms with Crippen molar-refractivity contribution in [2.75, 3.05) is 6.67 Å².